The summed E-state index contributed by atoms with van der Waals surface area (Å²) in [6, 6.07) is 12.5. The van der Waals surface area contributed by atoms with Gasteiger partial charge in [-0.15, -0.1) is 0 Å². The number of ether oxygens (including phenoxy) is 2. The SMILES string of the molecule is COc1ccc(Oc2ncccc2NC(=O)C2CCN(c3ncccn3)CC2)cc1. The van der Waals surface area contributed by atoms with Gasteiger partial charge in [-0.05, 0) is 55.3 Å². The number of carbonyl (C=O) groups excluding carboxylic acids is 1. The van der Waals surface area contributed by atoms with Crippen molar-refractivity contribution in [2.45, 2.75) is 12.8 Å². The Morgan fingerprint density at radius 1 is 0.967 bits per heavy atom. The molecule has 3 aromatic rings. The summed E-state index contributed by atoms with van der Waals surface area (Å²) in [6.07, 6.45) is 6.56. The third-order valence-corrected chi connectivity index (χ3v) is 5.00. The number of rotatable bonds is 6. The average molecular weight is 405 g/mol. The molecule has 2 aromatic heterocycles. The van der Waals surface area contributed by atoms with Gasteiger partial charge in [0.2, 0.25) is 17.7 Å². The molecule has 1 saturated heterocycles. The summed E-state index contributed by atoms with van der Waals surface area (Å²) < 4.78 is 11.0. The second-order valence-corrected chi connectivity index (χ2v) is 6.93. The van der Waals surface area contributed by atoms with Crippen molar-refractivity contribution in [3.63, 3.8) is 0 Å². The van der Waals surface area contributed by atoms with Crippen molar-refractivity contribution in [1.29, 1.82) is 0 Å². The largest absolute Gasteiger partial charge is 0.497 e. The number of amides is 1. The van der Waals surface area contributed by atoms with Crippen molar-refractivity contribution in [3.05, 3.63) is 61.1 Å². The lowest BCUT2D eigenvalue weighted by Gasteiger charge is -2.31. The number of carbonyl (C=O) groups is 1. The van der Waals surface area contributed by atoms with E-state index < -0.39 is 0 Å². The summed E-state index contributed by atoms with van der Waals surface area (Å²) in [4.78, 5) is 27.8. The molecule has 0 radical (unpaired) electrons. The number of hydrogen-bond donors (Lipinski definition) is 1. The van der Waals surface area contributed by atoms with E-state index in [2.05, 4.69) is 25.2 Å². The number of benzene rings is 1. The van der Waals surface area contributed by atoms with Crippen LogP contribution in [0, 0.1) is 5.92 Å². The first-order chi connectivity index (χ1) is 14.7. The van der Waals surface area contributed by atoms with Crippen LogP contribution in [0.15, 0.2) is 61.1 Å². The van der Waals surface area contributed by atoms with Crippen LogP contribution in [0.5, 0.6) is 17.4 Å². The molecule has 1 amide bonds. The Bertz CT molecular complexity index is 974. The number of hydrogen-bond acceptors (Lipinski definition) is 7. The van der Waals surface area contributed by atoms with Crippen molar-refractivity contribution in [2.24, 2.45) is 5.92 Å². The molecule has 0 atom stereocenters. The smallest absolute Gasteiger partial charge is 0.243 e. The van der Waals surface area contributed by atoms with Crippen molar-refractivity contribution in [1.82, 2.24) is 15.0 Å². The first-order valence-electron chi connectivity index (χ1n) is 9.82. The maximum absolute atomic E-state index is 12.8. The molecule has 0 aliphatic carbocycles. The van der Waals surface area contributed by atoms with Crippen LogP contribution in [-0.4, -0.2) is 41.1 Å². The van der Waals surface area contributed by atoms with Gasteiger partial charge < -0.3 is 19.7 Å². The van der Waals surface area contributed by atoms with Gasteiger partial charge in [-0.25, -0.2) is 15.0 Å². The summed E-state index contributed by atoms with van der Waals surface area (Å²) in [5.74, 6) is 2.30. The van der Waals surface area contributed by atoms with Gasteiger partial charge >= 0.3 is 0 Å². The lowest BCUT2D eigenvalue weighted by atomic mass is 9.96. The van der Waals surface area contributed by atoms with Gasteiger partial charge in [-0.3, -0.25) is 4.79 Å². The summed E-state index contributed by atoms with van der Waals surface area (Å²) >= 11 is 0. The number of nitrogens with zero attached hydrogens (tertiary/aromatic N) is 4. The topological polar surface area (TPSA) is 89.5 Å². The number of methoxy groups -OCH3 is 1. The van der Waals surface area contributed by atoms with Crippen LogP contribution in [0.25, 0.3) is 0 Å². The van der Waals surface area contributed by atoms with Crippen LogP contribution in [0.4, 0.5) is 11.6 Å². The monoisotopic (exact) mass is 405 g/mol. The van der Waals surface area contributed by atoms with Gasteiger partial charge in [0.15, 0.2) is 0 Å². The van der Waals surface area contributed by atoms with E-state index in [1.54, 1.807) is 68.2 Å². The Hall–Kier alpha value is -3.68. The Balaban J connectivity index is 1.38. The molecule has 8 nitrogen and oxygen atoms in total. The highest BCUT2D eigenvalue weighted by Crippen LogP contribution is 2.29. The van der Waals surface area contributed by atoms with Crippen molar-refractivity contribution in [2.75, 3.05) is 30.4 Å². The minimum Gasteiger partial charge on any atom is -0.497 e. The molecule has 0 saturated carbocycles. The van der Waals surface area contributed by atoms with E-state index in [4.69, 9.17) is 9.47 Å². The number of anilines is 2. The first-order valence-corrected chi connectivity index (χ1v) is 9.82. The van der Waals surface area contributed by atoms with Crippen LogP contribution < -0.4 is 19.7 Å². The van der Waals surface area contributed by atoms with E-state index >= 15 is 0 Å². The standard InChI is InChI=1S/C22H23N5O3/c1-29-17-5-7-18(8-6-17)30-21-19(4-2-11-23-21)26-20(28)16-9-14-27(15-10-16)22-24-12-3-13-25-22/h2-8,11-13,16H,9-10,14-15H2,1H3,(H,26,28). The molecular weight excluding hydrogens is 382 g/mol. The molecule has 30 heavy (non-hydrogen) atoms. The first kappa shape index (κ1) is 19.6. The molecular formula is C22H23N5O3. The lowest BCUT2D eigenvalue weighted by molar-refractivity contribution is -0.120. The van der Waals surface area contributed by atoms with Gasteiger partial charge in [0, 0.05) is 37.6 Å². The number of aromatic nitrogens is 3. The van der Waals surface area contributed by atoms with Gasteiger partial charge in [-0.2, -0.15) is 0 Å². The van der Waals surface area contributed by atoms with E-state index in [0.29, 0.717) is 23.3 Å². The van der Waals surface area contributed by atoms with Gasteiger partial charge in [-0.1, -0.05) is 0 Å². The summed E-state index contributed by atoms with van der Waals surface area (Å²) in [5, 5.41) is 2.98. The zero-order chi connectivity index (χ0) is 20.8. The zero-order valence-electron chi connectivity index (χ0n) is 16.7. The molecule has 4 rings (SSSR count). The molecule has 154 valence electrons. The summed E-state index contributed by atoms with van der Waals surface area (Å²) in [7, 11) is 1.61. The fourth-order valence-electron chi connectivity index (χ4n) is 3.35. The number of piperidine rings is 1. The Morgan fingerprint density at radius 2 is 1.63 bits per heavy atom. The Labute approximate surface area is 174 Å². The van der Waals surface area contributed by atoms with Gasteiger partial charge in [0.1, 0.15) is 17.2 Å². The molecule has 3 heterocycles. The summed E-state index contributed by atoms with van der Waals surface area (Å²) in [5.41, 5.74) is 0.548. The lowest BCUT2D eigenvalue weighted by Crippen LogP contribution is -2.39. The Morgan fingerprint density at radius 3 is 2.33 bits per heavy atom. The zero-order valence-corrected chi connectivity index (χ0v) is 16.7. The highest BCUT2D eigenvalue weighted by atomic mass is 16.5. The van der Waals surface area contributed by atoms with Crippen LogP contribution in [0.1, 0.15) is 12.8 Å². The fraction of sp³-hybridized carbons (Fsp3) is 0.273. The minimum atomic E-state index is -0.0843. The molecule has 0 unspecified atom stereocenters. The van der Waals surface area contributed by atoms with E-state index in [1.807, 2.05) is 0 Å². The quantitative estimate of drug-likeness (QED) is 0.671. The number of nitrogens with one attached hydrogen (secondary N) is 1. The molecule has 1 N–H and O–H groups in total. The van der Waals surface area contributed by atoms with Gasteiger partial charge in [0.25, 0.3) is 0 Å². The van der Waals surface area contributed by atoms with E-state index in [-0.39, 0.29) is 11.8 Å². The van der Waals surface area contributed by atoms with E-state index in [9.17, 15) is 4.79 Å². The second kappa shape index (κ2) is 9.21. The third kappa shape index (κ3) is 4.65. The second-order valence-electron chi connectivity index (χ2n) is 6.93. The number of pyridine rings is 1. The highest BCUT2D eigenvalue weighted by molar-refractivity contribution is 5.93. The fourth-order valence-corrected chi connectivity index (χ4v) is 3.35. The van der Waals surface area contributed by atoms with Crippen molar-refractivity contribution in [3.8, 4) is 17.4 Å². The molecule has 1 fully saturated rings. The predicted molar refractivity (Wildman–Crippen MR) is 113 cm³/mol. The molecule has 0 bridgehead atoms. The van der Waals surface area contributed by atoms with E-state index in [1.165, 1.54) is 0 Å². The molecule has 8 heteroatoms. The van der Waals surface area contributed by atoms with Gasteiger partial charge in [0.05, 0.1) is 7.11 Å². The van der Waals surface area contributed by atoms with Crippen LogP contribution in [-0.2, 0) is 4.79 Å². The van der Waals surface area contributed by atoms with E-state index in [0.717, 1.165) is 31.7 Å². The predicted octanol–water partition coefficient (Wildman–Crippen LogP) is 3.53. The summed E-state index contributed by atoms with van der Waals surface area (Å²) in [6.45, 7) is 1.48. The molecule has 1 aromatic carbocycles. The van der Waals surface area contributed by atoms with Crippen LogP contribution in [0.3, 0.4) is 0 Å². The minimum absolute atomic E-state index is 0.0313. The highest BCUT2D eigenvalue weighted by Gasteiger charge is 2.26. The third-order valence-electron chi connectivity index (χ3n) is 5.00. The molecule has 0 spiro atoms. The van der Waals surface area contributed by atoms with Crippen LogP contribution in [0.2, 0.25) is 0 Å². The van der Waals surface area contributed by atoms with Crippen molar-refractivity contribution < 1.29 is 14.3 Å². The maximum Gasteiger partial charge on any atom is 0.243 e. The normalized spacial score (nSPS) is 14.2. The average Bonchev–Trinajstić information content (AvgIpc) is 2.81. The van der Waals surface area contributed by atoms with Crippen LogP contribution >= 0.6 is 0 Å². The van der Waals surface area contributed by atoms with Crippen molar-refractivity contribution >= 4 is 17.5 Å². The Kier molecular flexibility index (Phi) is 6.03. The molecule has 1 aliphatic heterocycles. The maximum atomic E-state index is 12.8. The molecule has 1 aliphatic rings.